The summed E-state index contributed by atoms with van der Waals surface area (Å²) in [5.41, 5.74) is 2.10. The van der Waals surface area contributed by atoms with Gasteiger partial charge in [-0.1, -0.05) is 0 Å². The first-order chi connectivity index (χ1) is 7.91. The molecule has 94 valence electrons. The molecule has 0 aromatic carbocycles. The van der Waals surface area contributed by atoms with Crippen molar-refractivity contribution in [1.29, 1.82) is 0 Å². The Labute approximate surface area is 98.6 Å². The SMILES string of the molecule is Cc1n[nH]c(C)c1NC(=O)CN[C@H](C)C(=O)O. The molecular formula is C10H16N4O3. The van der Waals surface area contributed by atoms with Crippen molar-refractivity contribution in [2.45, 2.75) is 26.8 Å². The summed E-state index contributed by atoms with van der Waals surface area (Å²) in [6.45, 7) is 4.98. The van der Waals surface area contributed by atoms with Gasteiger partial charge in [-0.05, 0) is 20.8 Å². The predicted molar refractivity (Wildman–Crippen MR) is 61.8 cm³/mol. The van der Waals surface area contributed by atoms with Crippen molar-refractivity contribution in [3.8, 4) is 0 Å². The number of H-pyrrole nitrogens is 1. The summed E-state index contributed by atoms with van der Waals surface area (Å²) in [7, 11) is 0. The molecule has 1 rings (SSSR count). The molecule has 0 saturated heterocycles. The van der Waals surface area contributed by atoms with Gasteiger partial charge in [0.25, 0.3) is 0 Å². The zero-order valence-electron chi connectivity index (χ0n) is 10.00. The minimum absolute atomic E-state index is 0.0580. The van der Waals surface area contributed by atoms with Gasteiger partial charge in [0.2, 0.25) is 5.91 Å². The monoisotopic (exact) mass is 240 g/mol. The number of amides is 1. The molecule has 7 heteroatoms. The highest BCUT2D eigenvalue weighted by molar-refractivity contribution is 5.93. The lowest BCUT2D eigenvalue weighted by Crippen LogP contribution is -2.39. The van der Waals surface area contributed by atoms with Gasteiger partial charge in [0, 0.05) is 0 Å². The number of hydrogen-bond acceptors (Lipinski definition) is 4. The number of aryl methyl sites for hydroxylation is 2. The molecule has 0 radical (unpaired) electrons. The van der Waals surface area contributed by atoms with E-state index in [1.54, 1.807) is 13.8 Å². The third-order valence-corrected chi connectivity index (χ3v) is 2.33. The molecule has 1 atom stereocenters. The van der Waals surface area contributed by atoms with E-state index in [1.807, 2.05) is 0 Å². The normalized spacial score (nSPS) is 12.2. The second-order valence-corrected chi connectivity index (χ2v) is 3.80. The molecular weight excluding hydrogens is 224 g/mol. The van der Waals surface area contributed by atoms with Crippen molar-refractivity contribution in [2.24, 2.45) is 0 Å². The summed E-state index contributed by atoms with van der Waals surface area (Å²) in [4.78, 5) is 22.1. The smallest absolute Gasteiger partial charge is 0.320 e. The Bertz CT molecular complexity index is 408. The summed E-state index contributed by atoms with van der Waals surface area (Å²) in [5, 5.41) is 20.6. The highest BCUT2D eigenvalue weighted by Crippen LogP contribution is 2.15. The Morgan fingerprint density at radius 3 is 2.59 bits per heavy atom. The van der Waals surface area contributed by atoms with Crippen molar-refractivity contribution in [1.82, 2.24) is 15.5 Å². The number of carboxylic acid groups (broad SMARTS) is 1. The van der Waals surface area contributed by atoms with Crippen molar-refractivity contribution < 1.29 is 14.7 Å². The van der Waals surface area contributed by atoms with Crippen LogP contribution in [0.25, 0.3) is 0 Å². The van der Waals surface area contributed by atoms with E-state index in [4.69, 9.17) is 5.11 Å². The van der Waals surface area contributed by atoms with Gasteiger partial charge in [0.1, 0.15) is 6.04 Å². The first-order valence-corrected chi connectivity index (χ1v) is 5.19. The number of carboxylic acids is 1. The molecule has 0 unspecified atom stereocenters. The summed E-state index contributed by atoms with van der Waals surface area (Å²) >= 11 is 0. The Hall–Kier alpha value is -1.89. The molecule has 0 saturated carbocycles. The van der Waals surface area contributed by atoms with E-state index in [2.05, 4.69) is 20.8 Å². The minimum atomic E-state index is -0.992. The Morgan fingerprint density at radius 2 is 2.12 bits per heavy atom. The predicted octanol–water partition coefficient (Wildman–Crippen LogP) is 0.0277. The fraction of sp³-hybridized carbons (Fsp3) is 0.500. The van der Waals surface area contributed by atoms with Crippen molar-refractivity contribution in [2.75, 3.05) is 11.9 Å². The Morgan fingerprint density at radius 1 is 1.47 bits per heavy atom. The molecule has 7 nitrogen and oxygen atoms in total. The average molecular weight is 240 g/mol. The van der Waals surface area contributed by atoms with Crippen LogP contribution in [0.1, 0.15) is 18.3 Å². The number of hydrogen-bond donors (Lipinski definition) is 4. The first-order valence-electron chi connectivity index (χ1n) is 5.19. The van der Waals surface area contributed by atoms with Crippen LogP contribution in [0.15, 0.2) is 0 Å². The fourth-order valence-corrected chi connectivity index (χ4v) is 1.25. The van der Waals surface area contributed by atoms with Crippen LogP contribution in [0.3, 0.4) is 0 Å². The zero-order chi connectivity index (χ0) is 13.0. The minimum Gasteiger partial charge on any atom is -0.480 e. The number of nitrogens with zero attached hydrogens (tertiary/aromatic N) is 1. The second-order valence-electron chi connectivity index (χ2n) is 3.80. The molecule has 0 spiro atoms. The van der Waals surface area contributed by atoms with E-state index >= 15 is 0 Å². The van der Waals surface area contributed by atoms with Crippen LogP contribution in [0.4, 0.5) is 5.69 Å². The molecule has 0 aliphatic carbocycles. The lowest BCUT2D eigenvalue weighted by molar-refractivity contribution is -0.139. The van der Waals surface area contributed by atoms with E-state index in [9.17, 15) is 9.59 Å². The summed E-state index contributed by atoms with van der Waals surface area (Å²) in [5.74, 6) is -1.29. The molecule has 0 aliphatic rings. The van der Waals surface area contributed by atoms with Crippen LogP contribution in [0.5, 0.6) is 0 Å². The van der Waals surface area contributed by atoms with Gasteiger partial charge in [-0.25, -0.2) is 0 Å². The largest absolute Gasteiger partial charge is 0.480 e. The maximum absolute atomic E-state index is 11.5. The van der Waals surface area contributed by atoms with Gasteiger partial charge >= 0.3 is 5.97 Å². The molecule has 1 heterocycles. The number of nitrogens with one attached hydrogen (secondary N) is 3. The van der Waals surface area contributed by atoms with E-state index in [-0.39, 0.29) is 12.5 Å². The van der Waals surface area contributed by atoms with Gasteiger partial charge in [-0.3, -0.25) is 20.0 Å². The van der Waals surface area contributed by atoms with E-state index in [1.165, 1.54) is 6.92 Å². The van der Waals surface area contributed by atoms with Crippen molar-refractivity contribution in [3.63, 3.8) is 0 Å². The second kappa shape index (κ2) is 5.44. The number of aromatic nitrogens is 2. The quantitative estimate of drug-likeness (QED) is 0.580. The number of aliphatic carboxylic acids is 1. The molecule has 17 heavy (non-hydrogen) atoms. The van der Waals surface area contributed by atoms with E-state index in [0.29, 0.717) is 11.4 Å². The number of anilines is 1. The van der Waals surface area contributed by atoms with Crippen LogP contribution in [-0.2, 0) is 9.59 Å². The van der Waals surface area contributed by atoms with Crippen LogP contribution in [0.2, 0.25) is 0 Å². The highest BCUT2D eigenvalue weighted by Gasteiger charge is 2.13. The zero-order valence-corrected chi connectivity index (χ0v) is 10.00. The van der Waals surface area contributed by atoms with Crippen molar-refractivity contribution in [3.05, 3.63) is 11.4 Å². The topological polar surface area (TPSA) is 107 Å². The van der Waals surface area contributed by atoms with E-state index < -0.39 is 12.0 Å². The van der Waals surface area contributed by atoms with Gasteiger partial charge in [-0.2, -0.15) is 5.10 Å². The summed E-state index contributed by atoms with van der Waals surface area (Å²) < 4.78 is 0. The van der Waals surface area contributed by atoms with Crippen LogP contribution in [-0.4, -0.2) is 39.8 Å². The van der Waals surface area contributed by atoms with Crippen LogP contribution < -0.4 is 10.6 Å². The Balaban J connectivity index is 2.48. The van der Waals surface area contributed by atoms with Crippen LogP contribution >= 0.6 is 0 Å². The third kappa shape index (κ3) is 3.56. The van der Waals surface area contributed by atoms with E-state index in [0.717, 1.165) is 5.69 Å². The molecule has 1 aromatic heterocycles. The summed E-state index contributed by atoms with van der Waals surface area (Å²) in [6, 6.07) is -0.757. The lowest BCUT2D eigenvalue weighted by Gasteiger charge is -2.09. The van der Waals surface area contributed by atoms with Gasteiger partial charge in [-0.15, -0.1) is 0 Å². The highest BCUT2D eigenvalue weighted by atomic mass is 16.4. The first kappa shape index (κ1) is 13.2. The molecule has 1 amide bonds. The average Bonchev–Trinajstić information content (AvgIpc) is 2.57. The standard InChI is InChI=1S/C10H16N4O3/c1-5-9(6(2)14-13-5)12-8(15)4-11-7(3)10(16)17/h7,11H,4H2,1-3H3,(H,12,15)(H,13,14)(H,16,17)/t7-/m1/s1. The summed E-state index contributed by atoms with van der Waals surface area (Å²) in [6.07, 6.45) is 0. The van der Waals surface area contributed by atoms with Gasteiger partial charge in [0.05, 0.1) is 23.6 Å². The fourth-order valence-electron chi connectivity index (χ4n) is 1.25. The molecule has 0 aliphatic heterocycles. The number of carbonyl (C=O) groups is 2. The van der Waals surface area contributed by atoms with Crippen LogP contribution in [0, 0.1) is 13.8 Å². The molecule has 0 fully saturated rings. The van der Waals surface area contributed by atoms with Gasteiger partial charge < -0.3 is 10.4 Å². The van der Waals surface area contributed by atoms with Crippen molar-refractivity contribution >= 4 is 17.6 Å². The maximum Gasteiger partial charge on any atom is 0.320 e. The third-order valence-electron chi connectivity index (χ3n) is 2.33. The Kier molecular flexibility index (Phi) is 4.22. The lowest BCUT2D eigenvalue weighted by atomic mass is 10.3. The molecule has 1 aromatic rings. The molecule has 0 bridgehead atoms. The number of carbonyl (C=O) groups excluding carboxylic acids is 1. The number of aromatic amines is 1. The maximum atomic E-state index is 11.5. The molecule has 4 N–H and O–H groups in total. The number of rotatable bonds is 5. The van der Waals surface area contributed by atoms with Gasteiger partial charge in [0.15, 0.2) is 0 Å².